The van der Waals surface area contributed by atoms with E-state index in [1.54, 1.807) is 26.8 Å². The molecule has 0 unspecified atom stereocenters. The van der Waals surface area contributed by atoms with Gasteiger partial charge in [-0.05, 0) is 69.4 Å². The van der Waals surface area contributed by atoms with Crippen molar-refractivity contribution >= 4 is 10.0 Å². The molecule has 0 aliphatic carbocycles. The number of nitrogens with zero attached hydrogens (tertiary/aromatic N) is 2. The number of halogens is 1. The van der Waals surface area contributed by atoms with E-state index < -0.39 is 33.0 Å². The molecule has 1 aromatic heterocycles. The minimum atomic E-state index is -3.65. The van der Waals surface area contributed by atoms with Crippen molar-refractivity contribution in [2.75, 3.05) is 0 Å². The van der Waals surface area contributed by atoms with Crippen LogP contribution in [0.1, 0.15) is 73.1 Å². The molecule has 1 fully saturated rings. The summed E-state index contributed by atoms with van der Waals surface area (Å²) < 4.78 is 54.9. The lowest BCUT2D eigenvalue weighted by atomic mass is 9.99. The molecule has 1 aliphatic rings. The number of H-pyrrole nitrogens is 1. The molecule has 2 aromatic carbocycles. The van der Waals surface area contributed by atoms with Gasteiger partial charge in [0.2, 0.25) is 10.0 Å². The number of aryl methyl sites for hydroxylation is 1. The van der Waals surface area contributed by atoms with Gasteiger partial charge in [0.05, 0.1) is 6.10 Å². The first-order valence-electron chi connectivity index (χ1n) is 11.6. The van der Waals surface area contributed by atoms with Gasteiger partial charge >= 0.3 is 5.76 Å². The lowest BCUT2D eigenvalue weighted by Crippen LogP contribution is -2.44. The number of benzene rings is 2. The van der Waals surface area contributed by atoms with E-state index in [-0.39, 0.29) is 30.1 Å². The van der Waals surface area contributed by atoms with Crippen LogP contribution in [0, 0.1) is 12.7 Å². The fourth-order valence-corrected chi connectivity index (χ4v) is 6.71. The Morgan fingerprint density at radius 1 is 1.23 bits per heavy atom. The third-order valence-electron chi connectivity index (χ3n) is 6.35. The minimum absolute atomic E-state index is 0.0586. The quantitative estimate of drug-likeness (QED) is 0.513. The van der Waals surface area contributed by atoms with Crippen LogP contribution in [0.4, 0.5) is 4.39 Å². The molecular weight excluding hydrogens is 473 g/mol. The molecule has 0 spiro atoms. The van der Waals surface area contributed by atoms with E-state index in [1.165, 1.54) is 10.4 Å². The summed E-state index contributed by atoms with van der Waals surface area (Å²) in [6.45, 7) is 7.29. The van der Waals surface area contributed by atoms with E-state index in [2.05, 4.69) is 10.2 Å². The zero-order valence-electron chi connectivity index (χ0n) is 20.2. The molecule has 2 heterocycles. The van der Waals surface area contributed by atoms with Gasteiger partial charge in [0, 0.05) is 18.2 Å². The van der Waals surface area contributed by atoms with Crippen molar-refractivity contribution in [3.63, 3.8) is 0 Å². The van der Waals surface area contributed by atoms with Crippen LogP contribution in [0.2, 0.25) is 0 Å². The molecule has 0 bridgehead atoms. The Morgan fingerprint density at radius 2 is 1.94 bits per heavy atom. The number of rotatable bonds is 7. The fraction of sp³-hybridized carbons (Fsp3) is 0.440. The number of aromatic nitrogens is 2. The maximum absolute atomic E-state index is 15.4. The Labute approximate surface area is 204 Å². The van der Waals surface area contributed by atoms with Gasteiger partial charge in [-0.3, -0.25) is 0 Å². The second kappa shape index (κ2) is 10.0. The van der Waals surface area contributed by atoms with Crippen LogP contribution in [-0.4, -0.2) is 35.1 Å². The van der Waals surface area contributed by atoms with E-state index in [1.807, 2.05) is 37.3 Å². The number of aromatic amines is 1. The molecular formula is C25H30FN3O5S. The summed E-state index contributed by atoms with van der Waals surface area (Å²) in [5.41, 5.74) is 2.17. The number of hydrogen-bond acceptors (Lipinski definition) is 6. The Bertz CT molecular complexity index is 1340. The zero-order valence-corrected chi connectivity index (χ0v) is 21.0. The highest BCUT2D eigenvalue weighted by Crippen LogP contribution is 2.39. The van der Waals surface area contributed by atoms with Crippen LogP contribution in [-0.2, 0) is 21.3 Å². The minimum Gasteiger partial charge on any atom is -0.389 e. The molecule has 10 heteroatoms. The average Bonchev–Trinajstić information content (AvgIpc) is 3.23. The van der Waals surface area contributed by atoms with Crippen molar-refractivity contribution in [1.82, 2.24) is 14.5 Å². The molecule has 3 atom stereocenters. The molecule has 188 valence electrons. The highest BCUT2D eigenvalue weighted by Gasteiger charge is 2.40. The number of sulfonamides is 1. The second-order valence-corrected chi connectivity index (χ2v) is 11.3. The number of hydrogen-bond donors (Lipinski definition) is 1. The summed E-state index contributed by atoms with van der Waals surface area (Å²) in [7, 11) is -3.65. The monoisotopic (exact) mass is 503 g/mol. The van der Waals surface area contributed by atoms with Crippen molar-refractivity contribution in [3.05, 3.63) is 87.0 Å². The number of ether oxygens (including phenoxy) is 1. The Balaban J connectivity index is 1.67. The van der Waals surface area contributed by atoms with Crippen LogP contribution < -0.4 is 5.76 Å². The topological polar surface area (TPSA) is 106 Å². The largest absolute Gasteiger partial charge is 0.434 e. The van der Waals surface area contributed by atoms with E-state index in [0.717, 1.165) is 5.56 Å². The number of nitrogens with one attached hydrogen (secondary N) is 1. The SMILES string of the molecule is Cc1cc([C@@H](OC(C)C)c2n[nH]c(=O)o2)c(F)cc1CN1[C@@H](C)CC[C@H](c2ccccc2)S1(=O)=O. The van der Waals surface area contributed by atoms with E-state index in [9.17, 15) is 13.2 Å². The van der Waals surface area contributed by atoms with Gasteiger partial charge in [-0.25, -0.2) is 22.7 Å². The van der Waals surface area contributed by atoms with E-state index >= 15 is 4.39 Å². The summed E-state index contributed by atoms with van der Waals surface area (Å²) >= 11 is 0. The van der Waals surface area contributed by atoms with Gasteiger partial charge in [-0.15, -0.1) is 5.10 Å². The van der Waals surface area contributed by atoms with Crippen LogP contribution in [0.3, 0.4) is 0 Å². The molecule has 0 amide bonds. The van der Waals surface area contributed by atoms with Crippen molar-refractivity contribution in [3.8, 4) is 0 Å². The zero-order chi connectivity index (χ0) is 25.3. The summed E-state index contributed by atoms with van der Waals surface area (Å²) in [5, 5.41) is 5.36. The predicted octanol–water partition coefficient (Wildman–Crippen LogP) is 4.38. The summed E-state index contributed by atoms with van der Waals surface area (Å²) in [5.74, 6) is -1.43. The van der Waals surface area contributed by atoms with Crippen LogP contribution in [0.25, 0.3) is 0 Å². The Morgan fingerprint density at radius 3 is 2.57 bits per heavy atom. The van der Waals surface area contributed by atoms with Gasteiger partial charge < -0.3 is 9.15 Å². The summed E-state index contributed by atoms with van der Waals surface area (Å²) in [6, 6.07) is 11.9. The predicted molar refractivity (Wildman–Crippen MR) is 129 cm³/mol. The molecule has 35 heavy (non-hydrogen) atoms. The lowest BCUT2D eigenvalue weighted by molar-refractivity contribution is 0.0131. The first-order valence-corrected chi connectivity index (χ1v) is 13.1. The highest BCUT2D eigenvalue weighted by molar-refractivity contribution is 7.89. The standard InChI is InChI=1S/C25H30FN3O5S/c1-15(2)33-23(24-27-28-25(30)34-24)20-12-16(3)19(13-21(20)26)14-29-17(4)10-11-22(35(29,31)32)18-8-6-5-7-9-18/h5-9,12-13,15,17,22-23H,10-11,14H2,1-4H3,(H,28,30)/t17-,22+,23+/m0/s1. The van der Waals surface area contributed by atoms with E-state index in [0.29, 0.717) is 24.0 Å². The normalized spacial score (nSPS) is 21.3. The van der Waals surface area contributed by atoms with Crippen molar-refractivity contribution < 1.29 is 22.0 Å². The first-order chi connectivity index (χ1) is 16.6. The molecule has 0 saturated carbocycles. The van der Waals surface area contributed by atoms with Crippen molar-refractivity contribution in [1.29, 1.82) is 0 Å². The summed E-state index contributed by atoms with van der Waals surface area (Å²) in [4.78, 5) is 11.5. The Hall–Kier alpha value is -2.82. The summed E-state index contributed by atoms with van der Waals surface area (Å²) in [6.07, 6.45) is -0.0715. The smallest absolute Gasteiger partial charge is 0.389 e. The average molecular weight is 504 g/mol. The molecule has 8 nitrogen and oxygen atoms in total. The molecule has 1 N–H and O–H groups in total. The van der Waals surface area contributed by atoms with Crippen LogP contribution in [0.5, 0.6) is 0 Å². The van der Waals surface area contributed by atoms with Gasteiger partial charge in [0.25, 0.3) is 5.89 Å². The lowest BCUT2D eigenvalue weighted by Gasteiger charge is -2.37. The van der Waals surface area contributed by atoms with Gasteiger partial charge in [-0.2, -0.15) is 4.31 Å². The third-order valence-corrected chi connectivity index (χ3v) is 8.72. The van der Waals surface area contributed by atoms with Crippen LogP contribution >= 0.6 is 0 Å². The molecule has 3 aromatic rings. The molecule has 1 saturated heterocycles. The van der Waals surface area contributed by atoms with E-state index in [4.69, 9.17) is 9.15 Å². The van der Waals surface area contributed by atoms with Crippen molar-refractivity contribution in [2.45, 2.75) is 70.6 Å². The van der Waals surface area contributed by atoms with Gasteiger partial charge in [0.1, 0.15) is 11.1 Å². The van der Waals surface area contributed by atoms with Crippen LogP contribution in [0.15, 0.2) is 51.7 Å². The fourth-order valence-electron chi connectivity index (χ4n) is 4.53. The van der Waals surface area contributed by atoms with Crippen molar-refractivity contribution in [2.24, 2.45) is 0 Å². The maximum Gasteiger partial charge on any atom is 0.434 e. The third kappa shape index (κ3) is 5.24. The van der Waals surface area contributed by atoms with Gasteiger partial charge in [-0.1, -0.05) is 30.3 Å². The molecule has 4 rings (SSSR count). The first kappa shape index (κ1) is 25.3. The highest BCUT2D eigenvalue weighted by atomic mass is 32.2. The molecule has 1 aliphatic heterocycles. The second-order valence-electron chi connectivity index (χ2n) is 9.23. The maximum atomic E-state index is 15.4. The molecule has 0 radical (unpaired) electrons. The van der Waals surface area contributed by atoms with Gasteiger partial charge in [0.15, 0.2) is 6.10 Å². The Kier molecular flexibility index (Phi) is 7.25.